The molecule has 10 heterocycles. The number of aryl methyl sites for hydroxylation is 5. The third-order valence-corrected chi connectivity index (χ3v) is 33.0. The van der Waals surface area contributed by atoms with Gasteiger partial charge in [-0.1, -0.05) is 108 Å². The number of hydrogen-bond acceptors (Lipinski definition) is 20. The van der Waals surface area contributed by atoms with Crippen molar-refractivity contribution in [3.8, 4) is 6.07 Å². The van der Waals surface area contributed by atoms with Gasteiger partial charge in [-0.05, 0) is 384 Å². The zero-order valence-electron chi connectivity index (χ0n) is 91.5. The molecule has 0 aromatic heterocycles. The van der Waals surface area contributed by atoms with E-state index in [9.17, 15) is 53.8 Å². The summed E-state index contributed by atoms with van der Waals surface area (Å²) >= 11 is 32.2. The molecule has 0 aliphatic carbocycles. The van der Waals surface area contributed by atoms with Crippen LogP contribution >= 0.6 is 70.4 Å². The predicted octanol–water partition coefficient (Wildman–Crippen LogP) is 26.0. The number of carbonyl (C=O) groups is 8. The number of nitrogens with zero attached hydrogens (tertiary/aromatic N) is 5. The number of ether oxygens (including phenoxy) is 10. The van der Waals surface area contributed by atoms with E-state index in [2.05, 4.69) is 59.9 Å². The number of alkyl carbamates (subject to hydrolysis) is 1. The number of likely N-dealkylation sites (tertiary alicyclic amines) is 4. The molecule has 0 bridgehead atoms. The number of rotatable bonds is 12. The van der Waals surface area contributed by atoms with E-state index in [1.807, 2.05) is 202 Å². The zero-order chi connectivity index (χ0) is 108. The van der Waals surface area contributed by atoms with Crippen LogP contribution in [-0.4, -0.2) is 192 Å². The molecule has 0 saturated carbocycles. The van der Waals surface area contributed by atoms with Gasteiger partial charge in [0.2, 0.25) is 5.91 Å². The minimum Gasteiger partial charge on any atom is -0.481 e. The smallest absolute Gasteiger partial charge is 0.410 e. The second-order valence-corrected chi connectivity index (χ2v) is 56.8. The highest BCUT2D eigenvalue weighted by Gasteiger charge is 2.60. The standard InChI is InChI=1S/C27H43ClN2O5Si.C23H33ClN2O4.C22H29ClN2O3.C22H30ClNO5.C17H22ClNO3.ClH/c1-18-16-19-20(17-21(18)28)27(10-12-30(13-11-27)24(32)35-25(2,3)4)34-22(19)26(5,6)29-23(31)33-14-15-36(7,8)9;1-14-12-16-17(13-18(14)24)23(29-19(16)22(6,7)25-15(2)27)8-10-26(11-9-23)20(28)30-21(3,4)5;1-14-11-15-16(12-17(14)23)22(27-18(15)21(5,6)13-24)7-9-25(10-8-22)19(26)28-20(2,3)4;1-13-11-14-15(12-16(13)23)22(28-17(14)21(5,6)18(25)26)7-9-24(10-8-22)19(27)29-20(2,3)4;1-10-8-11-12(9-13(10)18)17(4-6-19-7-5-17)22-14(11)16(2,3)15(20)21;/h16-17,22H,10-15H2,1-9H3,(H,29,31);12-13,19H,8-11H2,1-7H3,(H,25,27);11-12,18H,7-10H2,1-6H3;11-12,17H,7-10H2,1-6H3,(H,25,26);8-9,14,19H,4-7H2,1-3H3,(H,20,21);1H/t22-;19-;18-;17-;14-;/m00000./s1. The van der Waals surface area contributed by atoms with Gasteiger partial charge in [0.1, 0.15) is 40.7 Å². The SMILES string of the molecule is CC(=O)NC(C)(C)[C@H]1OC2(CCN(C(=O)OC(C)(C)C)CC2)c2cc(Cl)c(C)cc21.Cc1cc2c(cc1Cl)C1(CCN(C(=O)OC(C)(C)C)CC1)O[C@@H]2C(C)(C)C#N.Cc1cc2c(cc1Cl)C1(CCN(C(=O)OC(C)(C)C)CC1)O[C@@H]2C(C)(C)C(=O)O.Cc1cc2c(cc1Cl)C1(CCN(C(=O)OC(C)(C)C)CC1)O[C@@H]2C(C)(C)NC(=O)OCC[Si](C)(C)C.Cc1cc2c(cc1Cl)C1(CCNCC1)O[C@@H]2C(C)(C)C(=O)O.Cl. The number of fused-ring (bicyclic) bond motifs is 10. The molecule has 5 spiro atoms. The van der Waals surface area contributed by atoms with Crippen LogP contribution in [0.15, 0.2) is 60.7 Å². The van der Waals surface area contributed by atoms with Gasteiger partial charge in [-0.25, -0.2) is 24.0 Å². The van der Waals surface area contributed by atoms with E-state index in [0.717, 1.165) is 115 Å². The van der Waals surface area contributed by atoms with Crippen molar-refractivity contribution >= 4 is 127 Å². The summed E-state index contributed by atoms with van der Waals surface area (Å²) in [7, 11) is -1.30. The fourth-order valence-corrected chi connectivity index (χ4v) is 22.4. The Morgan fingerprint density at radius 1 is 0.390 bits per heavy atom. The number of carbonyl (C=O) groups excluding carboxylic acids is 6. The first-order valence-corrected chi connectivity index (χ1v) is 56.4. The molecule has 5 aromatic rings. The van der Waals surface area contributed by atoms with Gasteiger partial charge in [0.15, 0.2) is 0 Å². The van der Waals surface area contributed by atoms with Crippen LogP contribution < -0.4 is 16.0 Å². The Balaban J connectivity index is 0.000000188. The monoisotopic (exact) mass is 2160 g/mol. The van der Waals surface area contributed by atoms with Crippen molar-refractivity contribution < 1.29 is 95.9 Å². The maximum Gasteiger partial charge on any atom is 0.410 e. The van der Waals surface area contributed by atoms with E-state index in [-0.39, 0.29) is 61.0 Å². The molecule has 15 rings (SSSR count). The summed E-state index contributed by atoms with van der Waals surface area (Å²) in [4.78, 5) is 105. The first-order chi connectivity index (χ1) is 66.6. The molecule has 808 valence electrons. The lowest BCUT2D eigenvalue weighted by molar-refractivity contribution is -0.173. The van der Waals surface area contributed by atoms with Gasteiger partial charge in [0, 0.05) is 92.5 Å². The number of halogens is 6. The Morgan fingerprint density at radius 2 is 0.616 bits per heavy atom. The Morgan fingerprint density at radius 3 is 0.849 bits per heavy atom. The van der Waals surface area contributed by atoms with E-state index in [1.165, 1.54) is 6.92 Å². The lowest BCUT2D eigenvalue weighted by atomic mass is 9.79. The molecule has 146 heavy (non-hydrogen) atoms. The van der Waals surface area contributed by atoms with Crippen LogP contribution in [0.4, 0.5) is 24.0 Å². The molecule has 5 aromatic carbocycles. The zero-order valence-corrected chi connectivity index (χ0v) is 97.1. The largest absolute Gasteiger partial charge is 0.481 e. The lowest BCUT2D eigenvalue weighted by Gasteiger charge is -2.41. The van der Waals surface area contributed by atoms with Crippen LogP contribution in [0, 0.1) is 62.2 Å². The summed E-state index contributed by atoms with van der Waals surface area (Å²) in [5, 5.41) is 41.9. The van der Waals surface area contributed by atoms with Crippen LogP contribution in [0.3, 0.4) is 0 Å². The summed E-state index contributed by atoms with van der Waals surface area (Å²) in [5.74, 6) is -1.86. The van der Waals surface area contributed by atoms with E-state index in [1.54, 1.807) is 47.3 Å². The fraction of sp³-hybridized carbons (Fsp3) is 0.649. The maximum absolute atomic E-state index is 12.7. The van der Waals surface area contributed by atoms with Crippen molar-refractivity contribution in [3.63, 3.8) is 0 Å². The Kier molecular flexibility index (Phi) is 36.5. The molecule has 6 amide bonds. The van der Waals surface area contributed by atoms with Crippen LogP contribution in [0.25, 0.3) is 0 Å². The number of carboxylic acids is 2. The number of nitrogens with one attached hydrogen (secondary N) is 3. The number of piperidine rings is 5. The highest BCUT2D eigenvalue weighted by atomic mass is 35.5. The molecule has 0 unspecified atom stereocenters. The Bertz CT molecular complexity index is 5730. The fourth-order valence-electron chi connectivity index (χ4n) is 20.9. The van der Waals surface area contributed by atoms with Crippen molar-refractivity contribution in [2.75, 3.05) is 72.1 Å². The molecular formula is C111H158Cl6N8O20Si. The molecule has 5 saturated heterocycles. The van der Waals surface area contributed by atoms with Crippen molar-refractivity contribution in [3.05, 3.63) is 169 Å². The summed E-state index contributed by atoms with van der Waals surface area (Å²) in [6, 6.07) is 23.3. The summed E-state index contributed by atoms with van der Waals surface area (Å²) < 4.78 is 60.7. The van der Waals surface area contributed by atoms with Crippen LogP contribution in [-0.2, 0) is 89.8 Å². The minimum absolute atomic E-state index is 0. The van der Waals surface area contributed by atoms with Crippen molar-refractivity contribution in [1.82, 2.24) is 35.6 Å². The summed E-state index contributed by atoms with van der Waals surface area (Å²) in [5.41, 5.74) is 6.01. The topological polar surface area (TPSA) is 342 Å². The number of aliphatic carboxylic acids is 2. The van der Waals surface area contributed by atoms with Gasteiger partial charge < -0.3 is 93.1 Å². The predicted molar refractivity (Wildman–Crippen MR) is 573 cm³/mol. The van der Waals surface area contributed by atoms with Gasteiger partial charge in [-0.2, -0.15) is 5.26 Å². The van der Waals surface area contributed by atoms with Gasteiger partial charge in [-0.3, -0.25) is 14.4 Å². The first-order valence-electron chi connectivity index (χ1n) is 50.8. The molecule has 10 aliphatic heterocycles. The number of hydrogen-bond donors (Lipinski definition) is 5. The number of nitriles is 1. The Labute approximate surface area is 896 Å². The van der Waals surface area contributed by atoms with Crippen molar-refractivity contribution in [1.29, 1.82) is 5.26 Å². The van der Waals surface area contributed by atoms with Gasteiger partial charge in [0.25, 0.3) is 0 Å². The molecule has 5 atom stereocenters. The molecule has 28 nitrogen and oxygen atoms in total. The van der Waals surface area contributed by atoms with Crippen LogP contribution in [0.1, 0.15) is 337 Å². The number of carboxylic acid groups (broad SMARTS) is 2. The van der Waals surface area contributed by atoms with E-state index >= 15 is 0 Å². The van der Waals surface area contributed by atoms with E-state index in [0.29, 0.717) is 135 Å². The van der Waals surface area contributed by atoms with Crippen LogP contribution in [0.2, 0.25) is 50.8 Å². The number of benzene rings is 5. The lowest BCUT2D eigenvalue weighted by Crippen LogP contribution is -2.50. The minimum atomic E-state index is -1.30. The maximum atomic E-state index is 12.7. The second kappa shape index (κ2) is 44.4. The second-order valence-electron chi connectivity index (χ2n) is 49.1. The molecule has 5 N–H and O–H groups in total. The van der Waals surface area contributed by atoms with Crippen molar-refractivity contribution in [2.45, 2.75) is 376 Å². The van der Waals surface area contributed by atoms with Gasteiger partial charge >= 0.3 is 42.4 Å². The molecule has 10 aliphatic rings. The quantitative estimate of drug-likeness (QED) is 0.0572. The molecular weight excluding hydrogens is 2010 g/mol. The van der Waals surface area contributed by atoms with Gasteiger partial charge in [-0.15, -0.1) is 12.4 Å². The van der Waals surface area contributed by atoms with E-state index < -0.39 is 116 Å². The van der Waals surface area contributed by atoms with Crippen molar-refractivity contribution in [2.24, 2.45) is 16.2 Å². The summed E-state index contributed by atoms with van der Waals surface area (Å²) in [6.45, 7) is 65.1. The summed E-state index contributed by atoms with van der Waals surface area (Å²) in [6.07, 6.45) is 2.89. The third-order valence-electron chi connectivity index (χ3n) is 29.2. The molecule has 0 radical (unpaired) electrons. The van der Waals surface area contributed by atoms with Crippen LogP contribution in [0.5, 0.6) is 0 Å². The van der Waals surface area contributed by atoms with Gasteiger partial charge in [0.05, 0.1) is 80.2 Å². The molecule has 5 fully saturated rings. The Hall–Kier alpha value is -7.93. The normalized spacial score (nSPS) is 21.0. The highest BCUT2D eigenvalue weighted by molar-refractivity contribution is 6.76. The molecule has 35 heteroatoms. The third kappa shape index (κ3) is 27.0. The van der Waals surface area contributed by atoms with E-state index in [4.69, 9.17) is 105 Å². The number of amides is 6. The highest BCUT2D eigenvalue weighted by Crippen LogP contribution is 2.62. The average Bonchev–Trinajstić information content (AvgIpc) is 1.56. The first kappa shape index (κ1) is 120. The average molecular weight is 2170 g/mol.